The maximum Gasteiger partial charge on any atom is 0.256 e. The first kappa shape index (κ1) is 19.4. The van der Waals surface area contributed by atoms with Crippen molar-refractivity contribution in [1.29, 1.82) is 0 Å². The Hall–Kier alpha value is -3.53. The van der Waals surface area contributed by atoms with E-state index in [2.05, 4.69) is 48.2 Å². The molecule has 0 saturated heterocycles. The molecule has 1 unspecified atom stereocenters. The fraction of sp³-hybridized carbons (Fsp3) is 0.222. The highest BCUT2D eigenvalue weighted by Gasteiger charge is 2.41. The maximum absolute atomic E-state index is 13.9. The molecule has 4 heteroatoms. The van der Waals surface area contributed by atoms with Gasteiger partial charge in [0.1, 0.15) is 5.75 Å². The molecule has 0 saturated carbocycles. The molecule has 1 amide bonds. The lowest BCUT2D eigenvalue weighted by Gasteiger charge is -2.39. The van der Waals surface area contributed by atoms with Gasteiger partial charge in [0.15, 0.2) is 0 Å². The summed E-state index contributed by atoms with van der Waals surface area (Å²) in [6.45, 7) is 2.93. The van der Waals surface area contributed by atoms with Gasteiger partial charge in [0.25, 0.3) is 5.91 Å². The van der Waals surface area contributed by atoms with Crippen LogP contribution in [-0.4, -0.2) is 19.6 Å². The highest BCUT2D eigenvalue weighted by atomic mass is 16.5. The lowest BCUT2D eigenvalue weighted by molar-refractivity contribution is -0.116. The Morgan fingerprint density at radius 1 is 0.903 bits per heavy atom. The number of methoxy groups -OCH3 is 1. The van der Waals surface area contributed by atoms with Crippen molar-refractivity contribution in [3.63, 3.8) is 0 Å². The Morgan fingerprint density at radius 3 is 2.35 bits per heavy atom. The minimum absolute atomic E-state index is 0.0780. The number of hydrogen-bond acceptors (Lipinski definition) is 3. The van der Waals surface area contributed by atoms with Crippen molar-refractivity contribution in [3.05, 3.63) is 101 Å². The lowest BCUT2D eigenvalue weighted by Crippen LogP contribution is -2.41. The molecule has 0 N–H and O–H groups in total. The standard InChI is InChI=1S/C27H26N2O2/c1-19-12-14-21(15-13-19)28-17-16-22-25(28)18-24(20-8-4-3-5-9-20)29(27(22)30)23-10-6-7-11-26(23)31-2/h3-15,24H,16-18H2,1-2H3. The largest absolute Gasteiger partial charge is 0.495 e. The Balaban J connectivity index is 1.62. The molecule has 0 radical (unpaired) electrons. The first-order valence-electron chi connectivity index (χ1n) is 10.7. The number of hydrogen-bond donors (Lipinski definition) is 0. The van der Waals surface area contributed by atoms with E-state index in [0.717, 1.165) is 47.6 Å². The van der Waals surface area contributed by atoms with Gasteiger partial charge in [0.2, 0.25) is 0 Å². The van der Waals surface area contributed by atoms with Gasteiger partial charge in [0.05, 0.1) is 18.8 Å². The van der Waals surface area contributed by atoms with Crippen molar-refractivity contribution in [2.45, 2.75) is 25.8 Å². The van der Waals surface area contributed by atoms with E-state index in [1.807, 2.05) is 47.4 Å². The monoisotopic (exact) mass is 410 g/mol. The number of para-hydroxylation sites is 2. The lowest BCUT2D eigenvalue weighted by atomic mass is 9.92. The van der Waals surface area contributed by atoms with Crippen molar-refractivity contribution < 1.29 is 9.53 Å². The van der Waals surface area contributed by atoms with Gasteiger partial charge in [-0.1, -0.05) is 60.2 Å². The predicted octanol–water partition coefficient (Wildman–Crippen LogP) is 5.65. The normalized spacial score (nSPS) is 18.4. The minimum atomic E-state index is -0.0881. The van der Waals surface area contributed by atoms with Gasteiger partial charge in [-0.25, -0.2) is 0 Å². The summed E-state index contributed by atoms with van der Waals surface area (Å²) in [6, 6.07) is 26.6. The van der Waals surface area contributed by atoms with Crippen LogP contribution in [0.1, 0.15) is 30.0 Å². The Morgan fingerprint density at radius 2 is 1.61 bits per heavy atom. The molecule has 2 aliphatic heterocycles. The van der Waals surface area contributed by atoms with Crippen molar-refractivity contribution in [2.75, 3.05) is 23.5 Å². The van der Waals surface area contributed by atoms with Crippen LogP contribution >= 0.6 is 0 Å². The SMILES string of the molecule is COc1ccccc1N1C(=O)C2=C(CC1c1ccccc1)N(c1ccc(C)cc1)CC2. The van der Waals surface area contributed by atoms with E-state index in [-0.39, 0.29) is 11.9 Å². The number of nitrogens with zero attached hydrogens (tertiary/aromatic N) is 2. The quantitative estimate of drug-likeness (QED) is 0.557. The molecule has 156 valence electrons. The molecule has 0 aromatic heterocycles. The number of ether oxygens (including phenoxy) is 1. The van der Waals surface area contributed by atoms with E-state index < -0.39 is 0 Å². The molecule has 31 heavy (non-hydrogen) atoms. The molecular formula is C27H26N2O2. The molecule has 0 fully saturated rings. The van der Waals surface area contributed by atoms with Gasteiger partial charge >= 0.3 is 0 Å². The molecule has 2 aliphatic rings. The number of amides is 1. The smallest absolute Gasteiger partial charge is 0.256 e. The molecule has 5 rings (SSSR count). The fourth-order valence-corrected chi connectivity index (χ4v) is 4.75. The third-order valence-corrected chi connectivity index (χ3v) is 6.31. The third kappa shape index (κ3) is 3.38. The van der Waals surface area contributed by atoms with Crippen molar-refractivity contribution in [2.24, 2.45) is 0 Å². The molecule has 0 aliphatic carbocycles. The molecule has 2 heterocycles. The van der Waals surface area contributed by atoms with E-state index in [1.54, 1.807) is 7.11 Å². The van der Waals surface area contributed by atoms with Crippen LogP contribution in [-0.2, 0) is 4.79 Å². The minimum Gasteiger partial charge on any atom is -0.495 e. The predicted molar refractivity (Wildman–Crippen MR) is 124 cm³/mol. The molecule has 0 spiro atoms. The highest BCUT2D eigenvalue weighted by Crippen LogP contribution is 2.46. The Bertz CT molecular complexity index is 1140. The zero-order chi connectivity index (χ0) is 21.4. The molecule has 1 atom stereocenters. The van der Waals surface area contributed by atoms with E-state index in [4.69, 9.17) is 4.74 Å². The molecule has 3 aromatic carbocycles. The molecule has 0 bridgehead atoms. The molecular weight excluding hydrogens is 384 g/mol. The summed E-state index contributed by atoms with van der Waals surface area (Å²) in [5, 5.41) is 0. The van der Waals surface area contributed by atoms with Crippen LogP contribution in [0.3, 0.4) is 0 Å². The summed E-state index contributed by atoms with van der Waals surface area (Å²) < 4.78 is 5.62. The van der Waals surface area contributed by atoms with Crippen molar-refractivity contribution >= 4 is 17.3 Å². The van der Waals surface area contributed by atoms with Crippen LogP contribution in [0.15, 0.2) is 90.1 Å². The van der Waals surface area contributed by atoms with Crippen molar-refractivity contribution in [3.8, 4) is 5.75 Å². The number of carbonyl (C=O) groups excluding carboxylic acids is 1. The zero-order valence-electron chi connectivity index (χ0n) is 17.9. The Kier molecular flexibility index (Phi) is 4.99. The summed E-state index contributed by atoms with van der Waals surface area (Å²) >= 11 is 0. The van der Waals surface area contributed by atoms with Crippen LogP contribution in [0.2, 0.25) is 0 Å². The highest BCUT2D eigenvalue weighted by molar-refractivity contribution is 6.09. The van der Waals surface area contributed by atoms with E-state index in [1.165, 1.54) is 5.56 Å². The number of carbonyl (C=O) groups is 1. The van der Waals surface area contributed by atoms with Crippen LogP contribution in [0.5, 0.6) is 5.75 Å². The summed E-state index contributed by atoms with van der Waals surface area (Å²) in [7, 11) is 1.66. The fourth-order valence-electron chi connectivity index (χ4n) is 4.75. The van der Waals surface area contributed by atoms with Crippen LogP contribution in [0.25, 0.3) is 0 Å². The number of anilines is 2. The van der Waals surface area contributed by atoms with Crippen LogP contribution < -0.4 is 14.5 Å². The second-order valence-electron chi connectivity index (χ2n) is 8.14. The summed E-state index contributed by atoms with van der Waals surface area (Å²) in [6.07, 6.45) is 1.53. The second-order valence-corrected chi connectivity index (χ2v) is 8.14. The van der Waals surface area contributed by atoms with Gasteiger partial charge in [-0.15, -0.1) is 0 Å². The van der Waals surface area contributed by atoms with E-state index in [9.17, 15) is 4.79 Å². The van der Waals surface area contributed by atoms with Gasteiger partial charge < -0.3 is 9.64 Å². The average molecular weight is 411 g/mol. The van der Waals surface area contributed by atoms with Gasteiger partial charge in [0, 0.05) is 29.9 Å². The molecule has 3 aromatic rings. The summed E-state index contributed by atoms with van der Waals surface area (Å²) in [5.41, 5.74) is 6.41. The molecule has 4 nitrogen and oxygen atoms in total. The first-order valence-corrected chi connectivity index (χ1v) is 10.7. The van der Waals surface area contributed by atoms with E-state index in [0.29, 0.717) is 5.75 Å². The third-order valence-electron chi connectivity index (χ3n) is 6.31. The topological polar surface area (TPSA) is 32.8 Å². The average Bonchev–Trinajstić information content (AvgIpc) is 3.24. The van der Waals surface area contributed by atoms with Crippen LogP contribution in [0.4, 0.5) is 11.4 Å². The summed E-state index contributed by atoms with van der Waals surface area (Å²) in [4.78, 5) is 18.1. The van der Waals surface area contributed by atoms with E-state index >= 15 is 0 Å². The van der Waals surface area contributed by atoms with Gasteiger partial charge in [-0.3, -0.25) is 9.69 Å². The second kappa shape index (κ2) is 7.95. The number of aryl methyl sites for hydroxylation is 1. The van der Waals surface area contributed by atoms with Gasteiger partial charge in [-0.2, -0.15) is 0 Å². The Labute approximate surface area is 183 Å². The van der Waals surface area contributed by atoms with Gasteiger partial charge in [-0.05, 0) is 43.2 Å². The zero-order valence-corrected chi connectivity index (χ0v) is 17.9. The van der Waals surface area contributed by atoms with Crippen molar-refractivity contribution in [1.82, 2.24) is 0 Å². The van der Waals surface area contributed by atoms with Crippen LogP contribution in [0, 0.1) is 6.92 Å². The first-order chi connectivity index (χ1) is 15.2. The number of rotatable bonds is 4. The maximum atomic E-state index is 13.9. The number of benzene rings is 3. The summed E-state index contributed by atoms with van der Waals surface area (Å²) in [5.74, 6) is 0.795.